The molecule has 0 aliphatic heterocycles. The predicted octanol–water partition coefficient (Wildman–Crippen LogP) is 5.27. The lowest BCUT2D eigenvalue weighted by Gasteiger charge is -2.29. The number of aliphatic hydroxyl groups is 1. The molecule has 1 saturated carbocycles. The van der Waals surface area contributed by atoms with Crippen LogP contribution < -0.4 is 5.56 Å². The third-order valence-corrected chi connectivity index (χ3v) is 6.49. The zero-order chi connectivity index (χ0) is 20.7. The maximum absolute atomic E-state index is 13.5. The van der Waals surface area contributed by atoms with E-state index in [1.54, 1.807) is 10.9 Å². The highest BCUT2D eigenvalue weighted by molar-refractivity contribution is 6.30. The van der Waals surface area contributed by atoms with E-state index in [0.717, 1.165) is 53.1 Å². The van der Waals surface area contributed by atoms with E-state index in [4.69, 9.17) is 11.6 Å². The number of aromatic nitrogens is 2. The van der Waals surface area contributed by atoms with Gasteiger partial charge in [0, 0.05) is 10.4 Å². The highest BCUT2D eigenvalue weighted by atomic mass is 35.5. The van der Waals surface area contributed by atoms with E-state index in [0.29, 0.717) is 16.8 Å². The molecule has 0 unspecified atom stereocenters. The van der Waals surface area contributed by atoms with Crippen LogP contribution in [0.25, 0.3) is 21.7 Å². The van der Waals surface area contributed by atoms with Gasteiger partial charge in [-0.25, -0.2) is 4.98 Å². The monoisotopic (exact) mass is 418 g/mol. The molecule has 1 aromatic heterocycles. The van der Waals surface area contributed by atoms with Crippen LogP contribution in [0.1, 0.15) is 42.9 Å². The van der Waals surface area contributed by atoms with Gasteiger partial charge in [0.25, 0.3) is 5.56 Å². The van der Waals surface area contributed by atoms with Gasteiger partial charge in [0.15, 0.2) is 0 Å². The van der Waals surface area contributed by atoms with Crippen molar-refractivity contribution in [3.05, 3.63) is 87.4 Å². The molecule has 1 fully saturated rings. The first-order chi connectivity index (χ1) is 14.6. The van der Waals surface area contributed by atoms with Crippen LogP contribution in [-0.2, 0) is 6.42 Å². The zero-order valence-electron chi connectivity index (χ0n) is 16.6. The van der Waals surface area contributed by atoms with E-state index in [1.807, 2.05) is 48.5 Å². The van der Waals surface area contributed by atoms with Crippen molar-refractivity contribution >= 4 is 33.3 Å². The molecule has 0 spiro atoms. The molecule has 4 aromatic rings. The molecular formula is C25H23ClN2O2. The van der Waals surface area contributed by atoms with Gasteiger partial charge in [-0.1, -0.05) is 60.8 Å². The lowest BCUT2D eigenvalue weighted by atomic mass is 9.92. The van der Waals surface area contributed by atoms with Crippen molar-refractivity contribution in [3.8, 4) is 0 Å². The lowest BCUT2D eigenvalue weighted by molar-refractivity contribution is 0.0735. The quantitative estimate of drug-likeness (QED) is 0.461. The van der Waals surface area contributed by atoms with E-state index in [1.165, 1.54) is 0 Å². The SMILES string of the molecule is O=c1c2cc(Cc3ccc(Cl)cc3)c3ccccc3c2ncn1[C@H]1CCCC[C@@H]1O. The van der Waals surface area contributed by atoms with E-state index in [9.17, 15) is 9.90 Å². The van der Waals surface area contributed by atoms with Crippen molar-refractivity contribution in [2.45, 2.75) is 44.2 Å². The maximum atomic E-state index is 13.5. The van der Waals surface area contributed by atoms with E-state index >= 15 is 0 Å². The fourth-order valence-corrected chi connectivity index (χ4v) is 4.80. The second kappa shape index (κ2) is 7.86. The summed E-state index contributed by atoms with van der Waals surface area (Å²) in [5, 5.41) is 13.9. The average Bonchev–Trinajstić information content (AvgIpc) is 2.77. The highest BCUT2D eigenvalue weighted by Crippen LogP contribution is 2.30. The first-order valence-corrected chi connectivity index (χ1v) is 10.8. The Balaban J connectivity index is 1.70. The van der Waals surface area contributed by atoms with Crippen molar-refractivity contribution in [2.24, 2.45) is 0 Å². The summed E-state index contributed by atoms with van der Waals surface area (Å²) in [5.74, 6) is 0. The summed E-state index contributed by atoms with van der Waals surface area (Å²) in [6.07, 6.45) is 5.39. The first kappa shape index (κ1) is 19.3. The Morgan fingerprint density at radius 1 is 1.00 bits per heavy atom. The van der Waals surface area contributed by atoms with Gasteiger partial charge in [-0.05, 0) is 54.0 Å². The number of benzene rings is 3. The molecule has 152 valence electrons. The van der Waals surface area contributed by atoms with Gasteiger partial charge in [-0.3, -0.25) is 9.36 Å². The Labute approximate surface area is 179 Å². The van der Waals surface area contributed by atoms with Crippen LogP contribution in [-0.4, -0.2) is 20.8 Å². The molecule has 5 heteroatoms. The van der Waals surface area contributed by atoms with E-state index in [-0.39, 0.29) is 11.6 Å². The molecule has 4 nitrogen and oxygen atoms in total. The van der Waals surface area contributed by atoms with Crippen LogP contribution in [0.2, 0.25) is 5.02 Å². The zero-order valence-corrected chi connectivity index (χ0v) is 17.3. The molecule has 30 heavy (non-hydrogen) atoms. The summed E-state index contributed by atoms with van der Waals surface area (Å²) in [6, 6.07) is 17.7. The second-order valence-corrected chi connectivity index (χ2v) is 8.59. The van der Waals surface area contributed by atoms with Gasteiger partial charge in [0.2, 0.25) is 0 Å². The van der Waals surface area contributed by atoms with Crippen molar-refractivity contribution in [2.75, 3.05) is 0 Å². The van der Waals surface area contributed by atoms with Gasteiger partial charge in [0.05, 0.1) is 29.4 Å². The van der Waals surface area contributed by atoms with Crippen molar-refractivity contribution < 1.29 is 5.11 Å². The minimum atomic E-state index is -0.496. The molecule has 5 rings (SSSR count). The molecular weight excluding hydrogens is 396 g/mol. The standard InChI is InChI=1S/C25H23ClN2O2/c26-18-11-9-16(10-12-18)13-17-14-21-24(20-6-2-1-5-19(17)20)27-15-28(25(21)30)22-7-3-4-8-23(22)29/h1-2,5-6,9-12,14-15,22-23,29H,3-4,7-8,13H2/t22-,23-/m0/s1. The predicted molar refractivity (Wildman–Crippen MR) is 121 cm³/mol. The van der Waals surface area contributed by atoms with Crippen molar-refractivity contribution in [1.82, 2.24) is 9.55 Å². The molecule has 3 aromatic carbocycles. The third-order valence-electron chi connectivity index (χ3n) is 6.24. The van der Waals surface area contributed by atoms with Crippen LogP contribution in [0.4, 0.5) is 0 Å². The smallest absolute Gasteiger partial charge is 0.261 e. The lowest BCUT2D eigenvalue weighted by Crippen LogP contribution is -2.34. The Morgan fingerprint density at radius 3 is 2.50 bits per heavy atom. The maximum Gasteiger partial charge on any atom is 0.261 e. The fourth-order valence-electron chi connectivity index (χ4n) is 4.67. The van der Waals surface area contributed by atoms with Crippen LogP contribution in [0.15, 0.2) is 65.7 Å². The Hall–Kier alpha value is -2.69. The molecule has 0 radical (unpaired) electrons. The summed E-state index contributed by atoms with van der Waals surface area (Å²) >= 11 is 6.04. The number of halogens is 1. The summed E-state index contributed by atoms with van der Waals surface area (Å²) in [5.41, 5.74) is 2.86. The number of hydrogen-bond donors (Lipinski definition) is 1. The number of hydrogen-bond acceptors (Lipinski definition) is 3. The van der Waals surface area contributed by atoms with Gasteiger partial charge >= 0.3 is 0 Å². The Kier molecular flexibility index (Phi) is 5.05. The first-order valence-electron chi connectivity index (χ1n) is 10.5. The molecule has 1 heterocycles. The number of nitrogens with zero attached hydrogens (tertiary/aromatic N) is 2. The minimum absolute atomic E-state index is 0.0749. The summed E-state index contributed by atoms with van der Waals surface area (Å²) in [7, 11) is 0. The largest absolute Gasteiger partial charge is 0.391 e. The van der Waals surface area contributed by atoms with Gasteiger partial charge in [-0.2, -0.15) is 0 Å². The van der Waals surface area contributed by atoms with Crippen molar-refractivity contribution in [3.63, 3.8) is 0 Å². The summed E-state index contributed by atoms with van der Waals surface area (Å²) in [6.45, 7) is 0. The Bertz CT molecular complexity index is 1280. The van der Waals surface area contributed by atoms with E-state index < -0.39 is 6.10 Å². The van der Waals surface area contributed by atoms with Crippen molar-refractivity contribution in [1.29, 1.82) is 0 Å². The topological polar surface area (TPSA) is 55.1 Å². The average molecular weight is 419 g/mol. The molecule has 1 aliphatic carbocycles. The molecule has 1 N–H and O–H groups in total. The van der Waals surface area contributed by atoms with Gasteiger partial charge in [0.1, 0.15) is 0 Å². The van der Waals surface area contributed by atoms with Crippen LogP contribution in [0.3, 0.4) is 0 Å². The molecule has 0 bridgehead atoms. The highest BCUT2D eigenvalue weighted by Gasteiger charge is 2.26. The summed E-state index contributed by atoms with van der Waals surface area (Å²) in [4.78, 5) is 18.1. The molecule has 1 aliphatic rings. The van der Waals surface area contributed by atoms with Gasteiger partial charge in [-0.15, -0.1) is 0 Å². The van der Waals surface area contributed by atoms with Crippen LogP contribution >= 0.6 is 11.6 Å². The molecule has 0 saturated heterocycles. The van der Waals surface area contributed by atoms with E-state index in [2.05, 4.69) is 11.1 Å². The number of rotatable bonds is 3. The summed E-state index contributed by atoms with van der Waals surface area (Å²) < 4.78 is 1.65. The second-order valence-electron chi connectivity index (χ2n) is 8.16. The fraction of sp³-hybridized carbons (Fsp3) is 0.280. The minimum Gasteiger partial charge on any atom is -0.391 e. The molecule has 2 atom stereocenters. The number of fused-ring (bicyclic) bond motifs is 3. The van der Waals surface area contributed by atoms with Gasteiger partial charge < -0.3 is 5.11 Å². The molecule has 0 amide bonds. The van der Waals surface area contributed by atoms with Crippen LogP contribution in [0.5, 0.6) is 0 Å². The number of aliphatic hydroxyl groups excluding tert-OH is 1. The third kappa shape index (κ3) is 3.40. The normalized spacial score (nSPS) is 19.4. The Morgan fingerprint density at radius 2 is 1.73 bits per heavy atom. The van der Waals surface area contributed by atoms with Crippen LogP contribution in [0, 0.1) is 0 Å².